The minimum atomic E-state index is 0.119. The summed E-state index contributed by atoms with van der Waals surface area (Å²) in [6.45, 7) is 0.119. The van der Waals surface area contributed by atoms with Crippen LogP contribution in [-0.2, 0) is 0 Å². The van der Waals surface area contributed by atoms with E-state index in [4.69, 9.17) is 5.11 Å². The van der Waals surface area contributed by atoms with Crippen LogP contribution >= 0.6 is 0 Å². The smallest absolute Gasteiger partial charge is 0.0615 e. The molecule has 0 spiro atoms. The largest absolute Gasteiger partial charge is 0.392 e. The molecule has 1 saturated carbocycles. The fraction of sp³-hybridized carbons (Fsp3) is 0.333. The van der Waals surface area contributed by atoms with Crippen LogP contribution in [0.4, 0.5) is 0 Å². The first-order valence-corrected chi connectivity index (χ1v) is 4.77. The van der Waals surface area contributed by atoms with Crippen LogP contribution in [0.2, 0.25) is 0 Å². The molecule has 1 aromatic rings. The summed E-state index contributed by atoms with van der Waals surface area (Å²) in [4.78, 5) is 0. The zero-order chi connectivity index (χ0) is 9.10. The predicted octanol–water partition coefficient (Wildman–Crippen LogP) is 2.57. The molecule has 1 aromatic carbocycles. The van der Waals surface area contributed by atoms with Gasteiger partial charge in [-0.25, -0.2) is 0 Å². The lowest BCUT2D eigenvalue weighted by Gasteiger charge is -1.98. The Labute approximate surface area is 78.7 Å². The van der Waals surface area contributed by atoms with Gasteiger partial charge in [0.15, 0.2) is 0 Å². The third-order valence-corrected chi connectivity index (χ3v) is 2.38. The molecule has 0 radical (unpaired) electrons. The molecule has 0 atom stereocenters. The number of aliphatic hydroxyl groups excluding tert-OH is 1. The summed E-state index contributed by atoms with van der Waals surface area (Å²) in [5.41, 5.74) is 2.64. The Hall–Kier alpha value is -1.08. The topological polar surface area (TPSA) is 20.2 Å². The molecule has 0 aliphatic heterocycles. The van der Waals surface area contributed by atoms with Crippen molar-refractivity contribution in [1.29, 1.82) is 0 Å². The maximum absolute atomic E-state index is 8.63. The van der Waals surface area contributed by atoms with Gasteiger partial charge in [0.1, 0.15) is 0 Å². The molecule has 0 heterocycles. The summed E-state index contributed by atoms with van der Waals surface area (Å²) >= 11 is 0. The molecular weight excluding hydrogens is 160 g/mol. The zero-order valence-corrected chi connectivity index (χ0v) is 7.61. The molecule has 0 saturated heterocycles. The van der Waals surface area contributed by atoms with E-state index in [0.717, 1.165) is 5.92 Å². The molecule has 1 N–H and O–H groups in total. The molecule has 13 heavy (non-hydrogen) atoms. The van der Waals surface area contributed by atoms with E-state index < -0.39 is 0 Å². The lowest BCUT2D eigenvalue weighted by molar-refractivity contribution is 0.343. The van der Waals surface area contributed by atoms with Gasteiger partial charge < -0.3 is 5.11 Å². The summed E-state index contributed by atoms with van der Waals surface area (Å²) < 4.78 is 0. The van der Waals surface area contributed by atoms with Gasteiger partial charge in [0, 0.05) is 0 Å². The molecule has 1 aliphatic carbocycles. The SMILES string of the molecule is OCC=Cc1cccc(C2CC2)c1. The Morgan fingerprint density at radius 1 is 1.38 bits per heavy atom. The number of hydrogen-bond donors (Lipinski definition) is 1. The molecule has 0 amide bonds. The van der Waals surface area contributed by atoms with Crippen LogP contribution in [0.15, 0.2) is 30.3 Å². The summed E-state index contributed by atoms with van der Waals surface area (Å²) in [5, 5.41) is 8.63. The molecule has 1 nitrogen and oxygen atoms in total. The van der Waals surface area contributed by atoms with Gasteiger partial charge in [-0.1, -0.05) is 36.4 Å². The minimum Gasteiger partial charge on any atom is -0.392 e. The van der Waals surface area contributed by atoms with Crippen molar-refractivity contribution in [2.75, 3.05) is 6.61 Å². The van der Waals surface area contributed by atoms with Gasteiger partial charge in [-0.2, -0.15) is 0 Å². The maximum Gasteiger partial charge on any atom is 0.0615 e. The third kappa shape index (κ3) is 2.19. The van der Waals surface area contributed by atoms with Gasteiger partial charge in [-0.15, -0.1) is 0 Å². The standard InChI is InChI=1S/C12H14O/c13-8-2-4-10-3-1-5-12(9-10)11-6-7-11/h1-5,9,11,13H,6-8H2. The van der Waals surface area contributed by atoms with Crippen molar-refractivity contribution >= 4 is 6.08 Å². The summed E-state index contributed by atoms with van der Waals surface area (Å²) in [5.74, 6) is 0.808. The lowest BCUT2D eigenvalue weighted by atomic mass is 10.1. The summed E-state index contributed by atoms with van der Waals surface area (Å²) in [6.07, 6.45) is 6.41. The van der Waals surface area contributed by atoms with E-state index in [1.165, 1.54) is 24.0 Å². The second-order valence-corrected chi connectivity index (χ2v) is 3.53. The zero-order valence-electron chi connectivity index (χ0n) is 7.61. The summed E-state index contributed by atoms with van der Waals surface area (Å²) in [6, 6.07) is 8.56. The van der Waals surface area contributed by atoms with Crippen molar-refractivity contribution in [3.63, 3.8) is 0 Å². The highest BCUT2D eigenvalue weighted by atomic mass is 16.2. The van der Waals surface area contributed by atoms with Crippen LogP contribution in [0.1, 0.15) is 29.9 Å². The maximum atomic E-state index is 8.63. The molecule has 1 heteroatoms. The van der Waals surface area contributed by atoms with Crippen LogP contribution < -0.4 is 0 Å². The van der Waals surface area contributed by atoms with Crippen LogP contribution in [-0.4, -0.2) is 11.7 Å². The number of aliphatic hydroxyl groups is 1. The van der Waals surface area contributed by atoms with E-state index in [1.807, 2.05) is 6.08 Å². The fourth-order valence-corrected chi connectivity index (χ4v) is 1.52. The second kappa shape index (κ2) is 3.75. The lowest BCUT2D eigenvalue weighted by Crippen LogP contribution is -1.80. The first kappa shape index (κ1) is 8.52. The number of rotatable bonds is 3. The van der Waals surface area contributed by atoms with Crippen molar-refractivity contribution in [1.82, 2.24) is 0 Å². The van der Waals surface area contributed by atoms with Crippen LogP contribution in [0.5, 0.6) is 0 Å². The first-order chi connectivity index (χ1) is 6.40. The van der Waals surface area contributed by atoms with Crippen molar-refractivity contribution in [3.05, 3.63) is 41.5 Å². The van der Waals surface area contributed by atoms with Gasteiger partial charge in [0.25, 0.3) is 0 Å². The van der Waals surface area contributed by atoms with Crippen molar-refractivity contribution < 1.29 is 5.11 Å². The van der Waals surface area contributed by atoms with Crippen LogP contribution in [0.25, 0.3) is 6.08 Å². The Morgan fingerprint density at radius 2 is 2.23 bits per heavy atom. The molecule has 0 aromatic heterocycles. The average molecular weight is 174 g/mol. The predicted molar refractivity (Wildman–Crippen MR) is 54.5 cm³/mol. The highest BCUT2D eigenvalue weighted by Crippen LogP contribution is 2.40. The third-order valence-electron chi connectivity index (χ3n) is 2.38. The van der Waals surface area contributed by atoms with Crippen molar-refractivity contribution in [3.8, 4) is 0 Å². The normalized spacial score (nSPS) is 16.7. The summed E-state index contributed by atoms with van der Waals surface area (Å²) in [7, 11) is 0. The fourth-order valence-electron chi connectivity index (χ4n) is 1.52. The Morgan fingerprint density at radius 3 is 2.92 bits per heavy atom. The number of hydrogen-bond acceptors (Lipinski definition) is 1. The van der Waals surface area contributed by atoms with Crippen molar-refractivity contribution in [2.45, 2.75) is 18.8 Å². The van der Waals surface area contributed by atoms with Gasteiger partial charge in [-0.05, 0) is 29.9 Å². The monoisotopic (exact) mass is 174 g/mol. The highest BCUT2D eigenvalue weighted by Gasteiger charge is 2.22. The van der Waals surface area contributed by atoms with E-state index in [9.17, 15) is 0 Å². The Bertz CT molecular complexity index is 311. The quantitative estimate of drug-likeness (QED) is 0.746. The molecule has 1 aliphatic rings. The van der Waals surface area contributed by atoms with E-state index in [1.54, 1.807) is 6.08 Å². The van der Waals surface area contributed by atoms with Gasteiger partial charge in [0.2, 0.25) is 0 Å². The van der Waals surface area contributed by atoms with E-state index >= 15 is 0 Å². The molecular formula is C12H14O. The number of benzene rings is 1. The van der Waals surface area contributed by atoms with Crippen molar-refractivity contribution in [2.24, 2.45) is 0 Å². The average Bonchev–Trinajstić information content (AvgIpc) is 2.98. The molecule has 2 rings (SSSR count). The Balaban J connectivity index is 2.16. The molecule has 0 bridgehead atoms. The van der Waals surface area contributed by atoms with Gasteiger partial charge >= 0.3 is 0 Å². The molecule has 1 fully saturated rings. The second-order valence-electron chi connectivity index (χ2n) is 3.53. The van der Waals surface area contributed by atoms with E-state index in [0.29, 0.717) is 0 Å². The van der Waals surface area contributed by atoms with E-state index in [2.05, 4.69) is 24.3 Å². The molecule has 68 valence electrons. The van der Waals surface area contributed by atoms with Crippen LogP contribution in [0, 0.1) is 0 Å². The van der Waals surface area contributed by atoms with Gasteiger partial charge in [-0.3, -0.25) is 0 Å². The molecule has 0 unspecified atom stereocenters. The highest BCUT2D eigenvalue weighted by molar-refractivity contribution is 5.51. The van der Waals surface area contributed by atoms with E-state index in [-0.39, 0.29) is 6.61 Å². The van der Waals surface area contributed by atoms with Crippen LogP contribution in [0.3, 0.4) is 0 Å². The van der Waals surface area contributed by atoms with Gasteiger partial charge in [0.05, 0.1) is 6.61 Å². The first-order valence-electron chi connectivity index (χ1n) is 4.77. The minimum absolute atomic E-state index is 0.119. The Kier molecular flexibility index (Phi) is 2.46.